The van der Waals surface area contributed by atoms with E-state index in [-0.39, 0.29) is 29.5 Å². The van der Waals surface area contributed by atoms with Crippen LogP contribution < -0.4 is 10.6 Å². The first-order valence-corrected chi connectivity index (χ1v) is 10.7. The maximum absolute atomic E-state index is 12.8. The zero-order valence-electron chi connectivity index (χ0n) is 14.8. The van der Waals surface area contributed by atoms with Gasteiger partial charge < -0.3 is 20.8 Å². The van der Waals surface area contributed by atoms with Crippen LogP contribution in [-0.4, -0.2) is 50.8 Å². The summed E-state index contributed by atoms with van der Waals surface area (Å²) in [7, 11) is 0. The summed E-state index contributed by atoms with van der Waals surface area (Å²) in [6.45, 7) is 0. The predicted octanol–water partition coefficient (Wildman–Crippen LogP) is 2.39. The highest BCUT2D eigenvalue weighted by molar-refractivity contribution is 8.15. The van der Waals surface area contributed by atoms with E-state index in [1.165, 1.54) is 11.8 Å². The number of amides is 1. The van der Waals surface area contributed by atoms with Crippen molar-refractivity contribution in [2.75, 3.05) is 5.32 Å². The van der Waals surface area contributed by atoms with Crippen molar-refractivity contribution in [1.29, 1.82) is 0 Å². The van der Waals surface area contributed by atoms with Crippen LogP contribution in [0.1, 0.15) is 32.1 Å². The van der Waals surface area contributed by atoms with E-state index in [0.29, 0.717) is 10.2 Å². The number of aliphatic imine (C=N–C) groups is 1. The highest BCUT2D eigenvalue weighted by atomic mass is 35.5. The number of fused-ring (bicyclic) bond motifs is 1. The first kappa shape index (κ1) is 19.1. The number of hydrogen-bond acceptors (Lipinski definition) is 6. The third kappa shape index (κ3) is 4.11. The Bertz CT molecular complexity index is 723. The minimum atomic E-state index is -0.956. The number of hydrogen-bond donors (Lipinski definition) is 4. The lowest BCUT2D eigenvalue weighted by molar-refractivity contribution is -0.130. The van der Waals surface area contributed by atoms with Crippen LogP contribution in [0.2, 0.25) is 5.02 Å². The monoisotopic (exact) mass is 409 g/mol. The molecule has 27 heavy (non-hydrogen) atoms. The molecule has 8 heteroatoms. The number of aliphatic hydroxyl groups is 2. The molecule has 2 fully saturated rings. The van der Waals surface area contributed by atoms with E-state index in [9.17, 15) is 15.0 Å². The fraction of sp³-hybridized carbons (Fsp3) is 0.579. The smallest absolute Gasteiger partial charge is 0.224 e. The molecular formula is C19H24ClN3O3S. The van der Waals surface area contributed by atoms with Gasteiger partial charge in [-0.2, -0.15) is 0 Å². The third-order valence-electron chi connectivity index (χ3n) is 5.62. The van der Waals surface area contributed by atoms with E-state index >= 15 is 0 Å². The van der Waals surface area contributed by atoms with Crippen molar-refractivity contribution in [2.45, 2.75) is 61.6 Å². The lowest BCUT2D eigenvalue weighted by Gasteiger charge is -2.37. The molecule has 4 rings (SSSR count). The third-order valence-corrected chi connectivity index (χ3v) is 7.18. The fourth-order valence-corrected chi connectivity index (χ4v) is 5.65. The summed E-state index contributed by atoms with van der Waals surface area (Å²) in [6, 6.07) is 7.01. The molecule has 6 nitrogen and oxygen atoms in total. The molecular weight excluding hydrogens is 386 g/mol. The Morgan fingerprint density at radius 1 is 1.19 bits per heavy atom. The summed E-state index contributed by atoms with van der Waals surface area (Å²) in [5.74, 6) is -0.398. The molecule has 0 saturated heterocycles. The van der Waals surface area contributed by atoms with Crippen LogP contribution in [0, 0.1) is 5.92 Å². The number of nitrogens with zero attached hydrogens (tertiary/aromatic N) is 1. The average Bonchev–Trinajstić information content (AvgIpc) is 3.30. The number of carbonyl (C=O) groups is 1. The van der Waals surface area contributed by atoms with Crippen LogP contribution in [-0.2, 0) is 4.79 Å². The van der Waals surface area contributed by atoms with Gasteiger partial charge in [-0.05, 0) is 43.5 Å². The molecule has 0 unspecified atom stereocenters. The van der Waals surface area contributed by atoms with E-state index < -0.39 is 18.2 Å². The molecule has 3 aliphatic rings. The van der Waals surface area contributed by atoms with Gasteiger partial charge in [0.15, 0.2) is 5.17 Å². The van der Waals surface area contributed by atoms with Gasteiger partial charge in [-0.1, -0.05) is 36.2 Å². The summed E-state index contributed by atoms with van der Waals surface area (Å²) >= 11 is 7.39. The van der Waals surface area contributed by atoms with Crippen LogP contribution >= 0.6 is 23.4 Å². The maximum Gasteiger partial charge on any atom is 0.224 e. The molecule has 4 N–H and O–H groups in total. The van der Waals surface area contributed by atoms with Gasteiger partial charge in [-0.3, -0.25) is 9.79 Å². The highest BCUT2D eigenvalue weighted by Gasteiger charge is 2.50. The number of halogens is 1. The lowest BCUT2D eigenvalue weighted by atomic mass is 9.81. The molecule has 5 atom stereocenters. The highest BCUT2D eigenvalue weighted by Crippen LogP contribution is 2.41. The van der Waals surface area contributed by atoms with Crippen LogP contribution in [0.5, 0.6) is 0 Å². The summed E-state index contributed by atoms with van der Waals surface area (Å²) in [5, 5.41) is 28.2. The molecule has 0 radical (unpaired) electrons. The van der Waals surface area contributed by atoms with Gasteiger partial charge in [-0.15, -0.1) is 0 Å². The van der Waals surface area contributed by atoms with Crippen molar-refractivity contribution in [3.8, 4) is 0 Å². The molecule has 1 heterocycles. The second kappa shape index (κ2) is 7.99. The Kier molecular flexibility index (Phi) is 5.64. The largest absolute Gasteiger partial charge is 0.390 e. The topological polar surface area (TPSA) is 94.0 Å². The molecule has 0 spiro atoms. The van der Waals surface area contributed by atoms with Crippen molar-refractivity contribution < 1.29 is 15.0 Å². The van der Waals surface area contributed by atoms with Gasteiger partial charge in [0.2, 0.25) is 5.91 Å². The Morgan fingerprint density at radius 3 is 2.59 bits per heavy atom. The van der Waals surface area contributed by atoms with Crippen molar-refractivity contribution in [3.05, 3.63) is 29.3 Å². The summed E-state index contributed by atoms with van der Waals surface area (Å²) in [4.78, 5) is 17.4. The number of nitrogens with one attached hydrogen (secondary N) is 2. The molecule has 1 aromatic carbocycles. The Labute approximate surface area is 167 Å². The molecule has 1 aliphatic heterocycles. The van der Waals surface area contributed by atoms with Crippen molar-refractivity contribution >= 4 is 40.1 Å². The number of thioether (sulfide) groups is 1. The second-order valence-electron chi connectivity index (χ2n) is 7.53. The summed E-state index contributed by atoms with van der Waals surface area (Å²) in [5.41, 5.74) is 0.839. The Balaban J connectivity index is 1.47. The van der Waals surface area contributed by atoms with Crippen LogP contribution in [0.15, 0.2) is 29.3 Å². The van der Waals surface area contributed by atoms with Crippen LogP contribution in [0.3, 0.4) is 0 Å². The molecule has 1 aromatic rings. The zero-order valence-corrected chi connectivity index (χ0v) is 16.4. The normalized spacial score (nSPS) is 33.4. The number of carbonyl (C=O) groups excluding carboxylic acids is 1. The van der Waals surface area contributed by atoms with Crippen LogP contribution in [0.4, 0.5) is 5.69 Å². The van der Waals surface area contributed by atoms with Gasteiger partial charge in [0, 0.05) is 22.0 Å². The molecule has 0 bridgehead atoms. The second-order valence-corrected chi connectivity index (χ2v) is 9.13. The Morgan fingerprint density at radius 2 is 1.89 bits per heavy atom. The van der Waals surface area contributed by atoms with Gasteiger partial charge in [-0.25, -0.2) is 0 Å². The first-order chi connectivity index (χ1) is 13.0. The Hall–Kier alpha value is -1.28. The number of benzene rings is 1. The van der Waals surface area contributed by atoms with Gasteiger partial charge in [0.1, 0.15) is 6.10 Å². The average molecular weight is 410 g/mol. The number of amidine groups is 1. The van der Waals surface area contributed by atoms with E-state index in [0.717, 1.165) is 31.4 Å². The van der Waals surface area contributed by atoms with Crippen molar-refractivity contribution in [2.24, 2.45) is 10.9 Å². The van der Waals surface area contributed by atoms with Crippen LogP contribution in [0.25, 0.3) is 0 Å². The zero-order chi connectivity index (χ0) is 19.0. The van der Waals surface area contributed by atoms with Crippen molar-refractivity contribution in [1.82, 2.24) is 5.32 Å². The van der Waals surface area contributed by atoms with E-state index in [2.05, 4.69) is 15.6 Å². The summed E-state index contributed by atoms with van der Waals surface area (Å²) in [6.07, 6.45) is 2.70. The van der Waals surface area contributed by atoms with E-state index in [4.69, 9.17) is 11.6 Å². The molecule has 2 saturated carbocycles. The number of aliphatic hydroxyl groups excluding tert-OH is 2. The number of anilines is 1. The minimum absolute atomic E-state index is 0.0294. The van der Waals surface area contributed by atoms with Crippen molar-refractivity contribution in [3.63, 3.8) is 0 Å². The minimum Gasteiger partial charge on any atom is -0.390 e. The quantitative estimate of drug-likeness (QED) is 0.615. The molecule has 2 aliphatic carbocycles. The van der Waals surface area contributed by atoms with E-state index in [1.807, 2.05) is 12.1 Å². The lowest BCUT2D eigenvalue weighted by Crippen LogP contribution is -2.54. The number of rotatable bonds is 3. The fourth-order valence-electron chi connectivity index (χ4n) is 4.14. The molecule has 146 valence electrons. The SMILES string of the molecule is O=C(NC1CCCC1)[C@H]1C[C@@H](O)[C@H](O)[C@@H]2N=C(Nc3ccc(Cl)cc3)S[C@@H]21. The van der Waals surface area contributed by atoms with Gasteiger partial charge in [0.05, 0.1) is 18.1 Å². The van der Waals surface area contributed by atoms with E-state index in [1.54, 1.807) is 12.1 Å². The van der Waals surface area contributed by atoms with Gasteiger partial charge in [0.25, 0.3) is 0 Å². The summed E-state index contributed by atoms with van der Waals surface area (Å²) < 4.78 is 0. The molecule has 0 aromatic heterocycles. The predicted molar refractivity (Wildman–Crippen MR) is 108 cm³/mol. The molecule has 1 amide bonds. The maximum atomic E-state index is 12.8. The first-order valence-electron chi connectivity index (χ1n) is 9.45. The van der Waals surface area contributed by atoms with Gasteiger partial charge >= 0.3 is 0 Å². The standard InChI is InChI=1S/C19H24ClN3O3S/c20-10-5-7-12(8-6-10)22-19-23-15-16(25)14(24)9-13(17(15)27-19)18(26)21-11-3-1-2-4-11/h5-8,11,13-17,24-25H,1-4,9H2,(H,21,26)(H,22,23)/t13-,14+,15-,16-,17+/m0/s1.